The summed E-state index contributed by atoms with van der Waals surface area (Å²) in [6.45, 7) is 0. The van der Waals surface area contributed by atoms with Crippen LogP contribution in [0, 0.1) is 41.7 Å². The maximum atomic E-state index is 10.5. The van der Waals surface area contributed by atoms with Gasteiger partial charge in [0.25, 0.3) is 0 Å². The molecule has 1 rings (SSSR count). The Balaban J connectivity index is 0.000001000. The van der Waals surface area contributed by atoms with E-state index >= 15 is 0 Å². The van der Waals surface area contributed by atoms with Crippen LogP contribution < -0.4 is 5.30 Å². The summed E-state index contributed by atoms with van der Waals surface area (Å²) in [6.07, 6.45) is 0. The van der Waals surface area contributed by atoms with Gasteiger partial charge in [-0.25, -0.2) is 0 Å². The molecule has 1 aromatic rings. The summed E-state index contributed by atoms with van der Waals surface area (Å²) in [5.74, 6) is 0. The summed E-state index contributed by atoms with van der Waals surface area (Å²) >= 11 is 0. The zero-order chi connectivity index (χ0) is 7.61. The number of benzene rings is 1. The molecule has 2 N–H and O–H groups in total. The molecule has 0 saturated carbocycles. The van der Waals surface area contributed by atoms with Crippen LogP contribution in [0.1, 0.15) is 0 Å². The van der Waals surface area contributed by atoms with Crippen molar-refractivity contribution in [3.05, 3.63) is 30.3 Å². The van der Waals surface area contributed by atoms with E-state index in [-0.39, 0.29) is 47.1 Å². The van der Waals surface area contributed by atoms with Crippen molar-refractivity contribution in [1.29, 1.82) is 0 Å². The Morgan fingerprint density at radius 2 is 1.55 bits per heavy atom. The van der Waals surface area contributed by atoms with Crippen molar-refractivity contribution in [2.45, 2.75) is 0 Å². The van der Waals surface area contributed by atoms with Gasteiger partial charge in [0.15, 0.2) is 0 Å². The standard InChI is InChI=1S/C6H7O3P.Ce/c7-10(8,9)6-4-2-1-3-5-6;/h1-5H,(H2,7,8,9);. The molecule has 3 nitrogen and oxygen atoms in total. The first kappa shape index (κ1) is 11.7. The van der Waals surface area contributed by atoms with Gasteiger partial charge in [-0.15, -0.1) is 0 Å². The minimum absolute atomic E-state index is 0. The van der Waals surface area contributed by atoms with Crippen LogP contribution in [0.25, 0.3) is 0 Å². The third-order valence-corrected chi connectivity index (χ3v) is 2.06. The second-order valence-corrected chi connectivity index (χ2v) is 3.48. The van der Waals surface area contributed by atoms with Crippen molar-refractivity contribution in [3.8, 4) is 0 Å². The smallest absolute Gasteiger partial charge is 0.321 e. The quantitative estimate of drug-likeness (QED) is 0.742. The Morgan fingerprint density at radius 3 is 1.82 bits per heavy atom. The van der Waals surface area contributed by atoms with Crippen LogP contribution in [-0.2, 0) is 4.57 Å². The number of hydrogen-bond donors (Lipinski definition) is 2. The summed E-state index contributed by atoms with van der Waals surface area (Å²) in [5, 5.41) is 0.0648. The van der Waals surface area contributed by atoms with Crippen LogP contribution in [0.2, 0.25) is 0 Å². The van der Waals surface area contributed by atoms with E-state index < -0.39 is 7.60 Å². The van der Waals surface area contributed by atoms with Gasteiger partial charge in [0, 0.05) is 41.7 Å². The van der Waals surface area contributed by atoms with Crippen molar-refractivity contribution in [2.75, 3.05) is 0 Å². The fraction of sp³-hybridized carbons (Fsp3) is 0. The average Bonchev–Trinajstić information content (AvgIpc) is 1.88. The SMILES string of the molecule is O=P(O)(O)c1ccccc1.[Ce]. The summed E-state index contributed by atoms with van der Waals surface area (Å²) in [5.41, 5.74) is 0. The van der Waals surface area contributed by atoms with E-state index in [1.54, 1.807) is 18.2 Å². The Kier molecular flexibility index (Phi) is 5.01. The van der Waals surface area contributed by atoms with Gasteiger partial charge in [-0.3, -0.25) is 4.57 Å². The fourth-order valence-corrected chi connectivity index (χ4v) is 1.18. The van der Waals surface area contributed by atoms with E-state index in [0.29, 0.717) is 0 Å². The molecule has 0 amide bonds. The summed E-state index contributed by atoms with van der Waals surface area (Å²) in [6, 6.07) is 7.70. The second kappa shape index (κ2) is 4.69. The van der Waals surface area contributed by atoms with Gasteiger partial charge in [-0.05, 0) is 12.1 Å². The molecule has 58 valence electrons. The van der Waals surface area contributed by atoms with E-state index in [2.05, 4.69) is 0 Å². The normalized spacial score (nSPS) is 10.4. The van der Waals surface area contributed by atoms with Gasteiger partial charge in [0.05, 0.1) is 5.30 Å². The maximum Gasteiger partial charge on any atom is 0.356 e. The van der Waals surface area contributed by atoms with Gasteiger partial charge in [0.2, 0.25) is 0 Å². The Hall–Kier alpha value is 0.747. The van der Waals surface area contributed by atoms with E-state index in [4.69, 9.17) is 9.79 Å². The fourth-order valence-electron chi connectivity index (χ4n) is 0.622. The van der Waals surface area contributed by atoms with E-state index in [9.17, 15) is 4.57 Å². The summed E-state index contributed by atoms with van der Waals surface area (Å²) < 4.78 is 10.5. The molecule has 0 atom stereocenters. The first-order chi connectivity index (χ1) is 4.61. The maximum absolute atomic E-state index is 10.5. The molecule has 0 bridgehead atoms. The number of hydrogen-bond acceptors (Lipinski definition) is 1. The van der Waals surface area contributed by atoms with Crippen molar-refractivity contribution in [2.24, 2.45) is 0 Å². The van der Waals surface area contributed by atoms with Gasteiger partial charge >= 0.3 is 7.60 Å². The Bertz CT molecular complexity index is 256. The molecule has 0 unspecified atom stereocenters. The first-order valence-corrected chi connectivity index (χ1v) is 4.33. The van der Waals surface area contributed by atoms with Crippen LogP contribution in [0.15, 0.2) is 30.3 Å². The van der Waals surface area contributed by atoms with Crippen LogP contribution in [0.4, 0.5) is 0 Å². The van der Waals surface area contributed by atoms with Crippen LogP contribution in [0.3, 0.4) is 0 Å². The van der Waals surface area contributed by atoms with Gasteiger partial charge in [-0.1, -0.05) is 18.2 Å². The zero-order valence-corrected chi connectivity index (χ0v) is 9.67. The molecule has 0 fully saturated rings. The topological polar surface area (TPSA) is 57.5 Å². The van der Waals surface area contributed by atoms with Crippen molar-refractivity contribution >= 4 is 12.9 Å². The molecule has 0 saturated heterocycles. The molecule has 0 aromatic heterocycles. The molecular formula is C6H7CeO3P. The third-order valence-electron chi connectivity index (χ3n) is 1.09. The molecule has 0 spiro atoms. The molecular weight excluding hydrogens is 291 g/mol. The number of rotatable bonds is 1. The minimum Gasteiger partial charge on any atom is -0.321 e. The Labute approximate surface area is 98.4 Å². The molecule has 0 heterocycles. The van der Waals surface area contributed by atoms with Gasteiger partial charge in [-0.2, -0.15) is 0 Å². The molecule has 1 aromatic carbocycles. The van der Waals surface area contributed by atoms with E-state index in [0.717, 1.165) is 0 Å². The third kappa shape index (κ3) is 3.78. The molecule has 5 heteroatoms. The average molecular weight is 298 g/mol. The Morgan fingerprint density at radius 1 is 1.09 bits per heavy atom. The monoisotopic (exact) mass is 298 g/mol. The minimum atomic E-state index is -4.02. The van der Waals surface area contributed by atoms with Crippen LogP contribution in [-0.4, -0.2) is 9.79 Å². The summed E-state index contributed by atoms with van der Waals surface area (Å²) in [4.78, 5) is 17.2. The predicted octanol–water partition coefficient (Wildman–Crippen LogP) is 0.490. The van der Waals surface area contributed by atoms with Crippen molar-refractivity contribution in [1.82, 2.24) is 0 Å². The van der Waals surface area contributed by atoms with Crippen LogP contribution in [0.5, 0.6) is 0 Å². The molecule has 0 radical (unpaired) electrons. The first-order valence-electron chi connectivity index (χ1n) is 2.72. The van der Waals surface area contributed by atoms with Crippen molar-refractivity contribution in [3.63, 3.8) is 0 Å². The molecule has 0 aliphatic heterocycles. The van der Waals surface area contributed by atoms with E-state index in [1.165, 1.54) is 12.1 Å². The van der Waals surface area contributed by atoms with E-state index in [1.807, 2.05) is 0 Å². The zero-order valence-electron chi connectivity index (χ0n) is 5.64. The molecule has 0 aliphatic rings. The van der Waals surface area contributed by atoms with Gasteiger partial charge < -0.3 is 9.79 Å². The van der Waals surface area contributed by atoms with Crippen molar-refractivity contribution < 1.29 is 56.1 Å². The largest absolute Gasteiger partial charge is 0.356 e. The van der Waals surface area contributed by atoms with Crippen LogP contribution >= 0.6 is 7.60 Å². The summed E-state index contributed by atoms with van der Waals surface area (Å²) in [7, 11) is -4.02. The van der Waals surface area contributed by atoms with Gasteiger partial charge in [0.1, 0.15) is 0 Å². The second-order valence-electron chi connectivity index (χ2n) is 1.88. The predicted molar refractivity (Wildman–Crippen MR) is 38.1 cm³/mol. The molecule has 0 aliphatic carbocycles. The molecule has 11 heavy (non-hydrogen) atoms.